The third kappa shape index (κ3) is 4.64. The molecule has 0 radical (unpaired) electrons. The zero-order valence-corrected chi connectivity index (χ0v) is 17.9. The maximum atomic E-state index is 13.0. The normalized spacial score (nSPS) is 20.0. The smallest absolute Gasteiger partial charge is 0.243 e. The second-order valence-electron chi connectivity index (χ2n) is 8.26. The topological polar surface area (TPSA) is 77.3 Å². The zero-order chi connectivity index (χ0) is 20.3. The van der Waals surface area contributed by atoms with Crippen molar-refractivity contribution in [3.8, 4) is 5.75 Å². The van der Waals surface area contributed by atoms with Gasteiger partial charge in [-0.25, -0.2) is 8.42 Å². The summed E-state index contributed by atoms with van der Waals surface area (Å²) < 4.78 is 35.4. The van der Waals surface area contributed by atoms with Crippen LogP contribution >= 0.6 is 0 Å². The number of hydrogen-bond acceptors (Lipinski definition) is 5. The molecular formula is C21H30N4O3S. The van der Waals surface area contributed by atoms with Crippen LogP contribution in [0.4, 0.5) is 0 Å². The highest BCUT2D eigenvalue weighted by atomic mass is 32.2. The van der Waals surface area contributed by atoms with E-state index < -0.39 is 10.0 Å². The molecule has 1 saturated heterocycles. The lowest BCUT2D eigenvalue weighted by molar-refractivity contribution is 0.208. The number of aromatic nitrogens is 3. The summed E-state index contributed by atoms with van der Waals surface area (Å²) in [7, 11) is -1.55. The Morgan fingerprint density at radius 3 is 2.34 bits per heavy atom. The third-order valence-electron chi connectivity index (χ3n) is 6.24. The number of piperidine rings is 1. The average molecular weight is 419 g/mol. The highest BCUT2D eigenvalue weighted by molar-refractivity contribution is 7.89. The molecule has 4 rings (SSSR count). The quantitative estimate of drug-likeness (QED) is 0.719. The first-order valence-corrected chi connectivity index (χ1v) is 12.0. The van der Waals surface area contributed by atoms with E-state index in [0.29, 0.717) is 23.9 Å². The number of hydrogen-bond donors (Lipinski definition) is 0. The van der Waals surface area contributed by atoms with Gasteiger partial charge in [-0.1, -0.05) is 19.3 Å². The zero-order valence-electron chi connectivity index (χ0n) is 17.0. The lowest BCUT2D eigenvalue weighted by Crippen LogP contribution is -2.38. The molecule has 1 aliphatic heterocycles. The van der Waals surface area contributed by atoms with Crippen LogP contribution in [0.2, 0.25) is 0 Å². The second-order valence-corrected chi connectivity index (χ2v) is 10.2. The van der Waals surface area contributed by atoms with E-state index in [4.69, 9.17) is 4.74 Å². The van der Waals surface area contributed by atoms with Crippen molar-refractivity contribution in [1.82, 2.24) is 19.1 Å². The number of ether oxygens (including phenoxy) is 1. The highest BCUT2D eigenvalue weighted by Gasteiger charge is 2.31. The Morgan fingerprint density at radius 1 is 1.03 bits per heavy atom. The fraction of sp³-hybridized carbons (Fsp3) is 0.619. The van der Waals surface area contributed by atoms with Gasteiger partial charge in [-0.3, -0.25) is 0 Å². The van der Waals surface area contributed by atoms with Crippen molar-refractivity contribution >= 4 is 10.0 Å². The number of rotatable bonds is 6. The van der Waals surface area contributed by atoms with Crippen LogP contribution < -0.4 is 4.74 Å². The number of sulfonamides is 1. The van der Waals surface area contributed by atoms with Crippen LogP contribution in [0.15, 0.2) is 35.5 Å². The van der Waals surface area contributed by atoms with Crippen LogP contribution in [0.3, 0.4) is 0 Å². The summed E-state index contributed by atoms with van der Waals surface area (Å²) in [5.74, 6) is 2.56. The van der Waals surface area contributed by atoms with Crippen molar-refractivity contribution in [3.63, 3.8) is 0 Å². The maximum Gasteiger partial charge on any atom is 0.243 e. The Morgan fingerprint density at radius 2 is 1.72 bits per heavy atom. The monoisotopic (exact) mass is 418 g/mol. The fourth-order valence-corrected chi connectivity index (χ4v) is 5.91. The summed E-state index contributed by atoms with van der Waals surface area (Å²) in [6, 6.07) is 6.89. The van der Waals surface area contributed by atoms with Crippen LogP contribution in [0.25, 0.3) is 0 Å². The van der Waals surface area contributed by atoms with E-state index >= 15 is 0 Å². The molecule has 1 saturated carbocycles. The van der Waals surface area contributed by atoms with Crippen molar-refractivity contribution < 1.29 is 13.2 Å². The molecule has 0 N–H and O–H groups in total. The predicted octanol–water partition coefficient (Wildman–Crippen LogP) is 3.34. The lowest BCUT2D eigenvalue weighted by atomic mass is 9.90. The van der Waals surface area contributed by atoms with Crippen LogP contribution in [0.5, 0.6) is 5.75 Å². The van der Waals surface area contributed by atoms with Crippen molar-refractivity contribution in [2.24, 2.45) is 13.0 Å². The van der Waals surface area contributed by atoms with E-state index in [2.05, 4.69) is 10.2 Å². The van der Waals surface area contributed by atoms with Gasteiger partial charge in [0.15, 0.2) is 0 Å². The first-order valence-electron chi connectivity index (χ1n) is 10.6. The van der Waals surface area contributed by atoms with Gasteiger partial charge in [0.25, 0.3) is 0 Å². The Kier molecular flexibility index (Phi) is 6.20. The molecule has 7 nitrogen and oxygen atoms in total. The number of benzene rings is 1. The van der Waals surface area contributed by atoms with Gasteiger partial charge in [-0.05, 0) is 55.9 Å². The van der Waals surface area contributed by atoms with Crippen LogP contribution in [0, 0.1) is 5.92 Å². The standard InChI is InChI=1S/C21H30N4O3S/c1-24-16-22-23-21(24)18-11-13-25(14-12-18)29(26,27)20-9-7-19(8-10-20)28-15-17-5-3-2-4-6-17/h7-10,16-18H,2-6,11-15H2,1H3. The maximum absolute atomic E-state index is 13.0. The average Bonchev–Trinajstić information content (AvgIpc) is 3.19. The van der Waals surface area contributed by atoms with E-state index in [1.165, 1.54) is 32.1 Å². The Balaban J connectivity index is 1.34. The molecule has 158 valence electrons. The van der Waals surface area contributed by atoms with Crippen LogP contribution in [0.1, 0.15) is 56.7 Å². The first kappa shape index (κ1) is 20.3. The Bertz CT molecular complexity index is 896. The minimum absolute atomic E-state index is 0.254. The summed E-state index contributed by atoms with van der Waals surface area (Å²) in [5, 5.41) is 8.11. The molecule has 1 aromatic carbocycles. The summed E-state index contributed by atoms with van der Waals surface area (Å²) in [5.41, 5.74) is 0. The number of nitrogens with zero attached hydrogens (tertiary/aromatic N) is 4. The van der Waals surface area contributed by atoms with Gasteiger partial charge in [0.2, 0.25) is 10.0 Å². The van der Waals surface area contributed by atoms with E-state index in [9.17, 15) is 8.42 Å². The van der Waals surface area contributed by atoms with E-state index in [0.717, 1.165) is 31.0 Å². The van der Waals surface area contributed by atoms with Crippen molar-refractivity contribution in [3.05, 3.63) is 36.4 Å². The van der Waals surface area contributed by atoms with Crippen LogP contribution in [-0.4, -0.2) is 47.2 Å². The molecule has 0 amide bonds. The van der Waals surface area contributed by atoms with Crippen molar-refractivity contribution in [1.29, 1.82) is 0 Å². The molecule has 0 unspecified atom stereocenters. The molecule has 0 bridgehead atoms. The Labute approximate surface area is 173 Å². The highest BCUT2D eigenvalue weighted by Crippen LogP contribution is 2.30. The molecule has 2 fully saturated rings. The second kappa shape index (κ2) is 8.83. The van der Waals surface area contributed by atoms with Crippen molar-refractivity contribution in [2.45, 2.75) is 55.8 Å². The minimum Gasteiger partial charge on any atom is -0.493 e. The van der Waals surface area contributed by atoms with Gasteiger partial charge in [0.1, 0.15) is 17.9 Å². The van der Waals surface area contributed by atoms with E-state index in [1.807, 2.05) is 11.6 Å². The fourth-order valence-electron chi connectivity index (χ4n) is 4.44. The van der Waals surface area contributed by atoms with E-state index in [1.54, 1.807) is 34.9 Å². The molecule has 1 aliphatic carbocycles. The molecule has 0 spiro atoms. The van der Waals surface area contributed by atoms with Gasteiger partial charge in [0, 0.05) is 26.1 Å². The summed E-state index contributed by atoms with van der Waals surface area (Å²) in [6.45, 7) is 1.72. The van der Waals surface area contributed by atoms with Gasteiger partial charge in [0.05, 0.1) is 11.5 Å². The number of aryl methyl sites for hydroxylation is 1. The first-order chi connectivity index (χ1) is 14.0. The molecule has 8 heteroatoms. The van der Waals surface area contributed by atoms with Gasteiger partial charge in [-0.15, -0.1) is 10.2 Å². The van der Waals surface area contributed by atoms with E-state index in [-0.39, 0.29) is 5.92 Å². The van der Waals surface area contributed by atoms with Gasteiger partial charge < -0.3 is 9.30 Å². The SMILES string of the molecule is Cn1cnnc1C1CCN(S(=O)(=O)c2ccc(OCC3CCCCC3)cc2)CC1. The van der Waals surface area contributed by atoms with Crippen molar-refractivity contribution in [2.75, 3.05) is 19.7 Å². The molecule has 0 atom stereocenters. The molecule has 29 heavy (non-hydrogen) atoms. The summed E-state index contributed by atoms with van der Waals surface area (Å²) in [6.07, 6.45) is 9.59. The molecule has 1 aromatic heterocycles. The van der Waals surface area contributed by atoms with Gasteiger partial charge >= 0.3 is 0 Å². The predicted molar refractivity (Wildman–Crippen MR) is 110 cm³/mol. The summed E-state index contributed by atoms with van der Waals surface area (Å²) in [4.78, 5) is 0.333. The largest absolute Gasteiger partial charge is 0.493 e. The molecule has 2 aromatic rings. The molecule has 2 heterocycles. The lowest BCUT2D eigenvalue weighted by Gasteiger charge is -2.30. The van der Waals surface area contributed by atoms with Crippen LogP contribution in [-0.2, 0) is 17.1 Å². The third-order valence-corrected chi connectivity index (χ3v) is 8.15. The molecular weight excluding hydrogens is 388 g/mol. The summed E-state index contributed by atoms with van der Waals surface area (Å²) >= 11 is 0. The molecule has 2 aliphatic rings. The Hall–Kier alpha value is -1.93. The minimum atomic E-state index is -3.48. The van der Waals surface area contributed by atoms with Gasteiger partial charge in [-0.2, -0.15) is 4.31 Å².